The van der Waals surface area contributed by atoms with Crippen LogP contribution in [0.2, 0.25) is 0 Å². The van der Waals surface area contributed by atoms with E-state index in [0.29, 0.717) is 13.1 Å². The van der Waals surface area contributed by atoms with Crippen LogP contribution in [-0.2, 0) is 9.59 Å². The van der Waals surface area contributed by atoms with E-state index in [1.54, 1.807) is 9.80 Å². The molecule has 1 fully saturated rings. The van der Waals surface area contributed by atoms with Gasteiger partial charge in [0.25, 0.3) is 0 Å². The zero-order chi connectivity index (χ0) is 12.5. The third-order valence-electron chi connectivity index (χ3n) is 3.16. The van der Waals surface area contributed by atoms with E-state index in [2.05, 4.69) is 0 Å². The van der Waals surface area contributed by atoms with Crippen LogP contribution in [0, 0.1) is 11.8 Å². The fraction of sp³-hybridized carbons (Fsp3) is 0.833. The molecule has 0 bridgehead atoms. The van der Waals surface area contributed by atoms with E-state index in [9.17, 15) is 9.59 Å². The minimum absolute atomic E-state index is 0.00935. The number of likely N-dealkylation sites (tertiary alicyclic amines) is 1. The highest BCUT2D eigenvalue weighted by Crippen LogP contribution is 2.20. The minimum Gasteiger partial charge on any atom is -0.343 e. The second-order valence-electron chi connectivity index (χ2n) is 5.14. The Hall–Kier alpha value is -1.06. The van der Waals surface area contributed by atoms with Crippen LogP contribution in [0.15, 0.2) is 0 Å². The first kappa shape index (κ1) is 13.0. The van der Waals surface area contributed by atoms with Gasteiger partial charge >= 0.3 is 0 Å². The number of carbonyl (C=O) groups excluding carboxylic acids is 2. The van der Waals surface area contributed by atoms with E-state index in [1.807, 2.05) is 34.7 Å². The Balaban J connectivity index is 2.42. The molecule has 1 aliphatic rings. The van der Waals surface area contributed by atoms with Gasteiger partial charge in [0.2, 0.25) is 11.8 Å². The summed E-state index contributed by atoms with van der Waals surface area (Å²) in [6, 6.07) is 0.224. The third kappa shape index (κ3) is 2.54. The summed E-state index contributed by atoms with van der Waals surface area (Å²) in [5, 5.41) is 0. The van der Waals surface area contributed by atoms with Gasteiger partial charge in [-0.1, -0.05) is 13.8 Å². The maximum atomic E-state index is 11.9. The van der Waals surface area contributed by atoms with Crippen LogP contribution in [0.3, 0.4) is 0 Å². The van der Waals surface area contributed by atoms with E-state index in [1.165, 1.54) is 0 Å². The Labute approximate surface area is 97.6 Å². The summed E-state index contributed by atoms with van der Waals surface area (Å²) >= 11 is 0. The van der Waals surface area contributed by atoms with Gasteiger partial charge in [-0.2, -0.15) is 0 Å². The lowest BCUT2D eigenvalue weighted by molar-refractivity contribution is -0.150. The van der Waals surface area contributed by atoms with Crippen molar-refractivity contribution in [1.82, 2.24) is 9.80 Å². The van der Waals surface area contributed by atoms with E-state index < -0.39 is 0 Å². The van der Waals surface area contributed by atoms with E-state index in [4.69, 9.17) is 0 Å². The summed E-state index contributed by atoms with van der Waals surface area (Å²) in [5.74, 6) is 0.341. The average Bonchev–Trinajstić information content (AvgIpc) is 2.13. The Morgan fingerprint density at radius 3 is 2.06 bits per heavy atom. The van der Waals surface area contributed by atoms with Gasteiger partial charge in [-0.05, 0) is 13.8 Å². The monoisotopic (exact) mass is 226 g/mol. The molecule has 0 aromatic heterocycles. The van der Waals surface area contributed by atoms with Crippen LogP contribution < -0.4 is 0 Å². The Kier molecular flexibility index (Phi) is 3.94. The third-order valence-corrected chi connectivity index (χ3v) is 3.16. The van der Waals surface area contributed by atoms with E-state index >= 15 is 0 Å². The van der Waals surface area contributed by atoms with Crippen LogP contribution in [0.4, 0.5) is 0 Å². The van der Waals surface area contributed by atoms with Crippen molar-refractivity contribution in [1.29, 1.82) is 0 Å². The zero-order valence-electron chi connectivity index (χ0n) is 10.9. The lowest BCUT2D eigenvalue weighted by atomic mass is 9.96. The van der Waals surface area contributed by atoms with Crippen molar-refractivity contribution >= 4 is 11.8 Å². The largest absolute Gasteiger partial charge is 0.343 e. The molecule has 1 heterocycles. The van der Waals surface area contributed by atoms with Crippen LogP contribution in [0.1, 0.15) is 27.7 Å². The van der Waals surface area contributed by atoms with Gasteiger partial charge in [-0.15, -0.1) is 0 Å². The molecule has 0 atom stereocenters. The second kappa shape index (κ2) is 4.85. The molecule has 0 unspecified atom stereocenters. The lowest BCUT2D eigenvalue weighted by Gasteiger charge is -2.41. The zero-order valence-corrected chi connectivity index (χ0v) is 10.9. The normalized spacial score (nSPS) is 16.6. The van der Waals surface area contributed by atoms with Crippen molar-refractivity contribution in [2.24, 2.45) is 11.8 Å². The first-order chi connectivity index (χ1) is 7.34. The number of nitrogens with zero attached hydrogens (tertiary/aromatic N) is 2. The molecule has 0 aromatic rings. The average molecular weight is 226 g/mol. The lowest BCUT2D eigenvalue weighted by Crippen LogP contribution is -2.57. The van der Waals surface area contributed by atoms with Crippen molar-refractivity contribution in [2.45, 2.75) is 33.7 Å². The summed E-state index contributed by atoms with van der Waals surface area (Å²) in [4.78, 5) is 27.0. The summed E-state index contributed by atoms with van der Waals surface area (Å²) < 4.78 is 0. The number of hydrogen-bond donors (Lipinski definition) is 0. The molecule has 1 aliphatic heterocycles. The number of rotatable bonds is 3. The van der Waals surface area contributed by atoms with E-state index in [0.717, 1.165) is 0 Å². The molecule has 0 aliphatic carbocycles. The molecule has 0 saturated carbocycles. The van der Waals surface area contributed by atoms with Crippen molar-refractivity contribution in [3.8, 4) is 0 Å². The summed E-state index contributed by atoms with van der Waals surface area (Å²) in [6.45, 7) is 8.94. The number of amides is 2. The Morgan fingerprint density at radius 1 is 1.19 bits per heavy atom. The van der Waals surface area contributed by atoms with Crippen LogP contribution in [0.5, 0.6) is 0 Å². The Bertz CT molecular complexity index is 281. The highest BCUT2D eigenvalue weighted by atomic mass is 16.2. The first-order valence-corrected chi connectivity index (χ1v) is 5.90. The predicted octanol–water partition coefficient (Wildman–Crippen LogP) is 0.968. The SMILES string of the molecule is CC(C)C(=O)N1CC(C(=O)N(C)C(C)C)C1. The molecule has 0 N–H and O–H groups in total. The fourth-order valence-electron chi connectivity index (χ4n) is 1.72. The van der Waals surface area contributed by atoms with Gasteiger partial charge in [-0.25, -0.2) is 0 Å². The minimum atomic E-state index is 0.00935. The molecule has 2 amide bonds. The molecule has 0 spiro atoms. The van der Waals surface area contributed by atoms with Crippen LogP contribution in [-0.4, -0.2) is 47.8 Å². The Morgan fingerprint density at radius 2 is 1.69 bits per heavy atom. The standard InChI is InChI=1S/C12H22N2O2/c1-8(2)11(15)14-6-10(7-14)12(16)13(5)9(3)4/h8-10H,6-7H2,1-5H3. The van der Waals surface area contributed by atoms with Crippen LogP contribution in [0.25, 0.3) is 0 Å². The highest BCUT2D eigenvalue weighted by Gasteiger charge is 2.37. The van der Waals surface area contributed by atoms with Crippen molar-refractivity contribution < 1.29 is 9.59 Å². The summed E-state index contributed by atoms with van der Waals surface area (Å²) in [6.07, 6.45) is 0. The molecule has 0 aromatic carbocycles. The highest BCUT2D eigenvalue weighted by molar-refractivity contribution is 5.85. The molecule has 1 rings (SSSR count). The van der Waals surface area contributed by atoms with Gasteiger partial charge in [0.1, 0.15) is 0 Å². The second-order valence-corrected chi connectivity index (χ2v) is 5.14. The maximum Gasteiger partial charge on any atom is 0.229 e. The topological polar surface area (TPSA) is 40.6 Å². The van der Waals surface area contributed by atoms with E-state index in [-0.39, 0.29) is 29.7 Å². The molecule has 16 heavy (non-hydrogen) atoms. The molecular weight excluding hydrogens is 204 g/mol. The maximum absolute atomic E-state index is 11.9. The molecule has 4 heteroatoms. The molecule has 0 radical (unpaired) electrons. The van der Waals surface area contributed by atoms with Gasteiger partial charge in [0, 0.05) is 32.1 Å². The van der Waals surface area contributed by atoms with Crippen molar-refractivity contribution in [2.75, 3.05) is 20.1 Å². The molecule has 1 saturated heterocycles. The number of hydrogen-bond acceptors (Lipinski definition) is 2. The van der Waals surface area contributed by atoms with Crippen molar-refractivity contribution in [3.63, 3.8) is 0 Å². The fourth-order valence-corrected chi connectivity index (χ4v) is 1.72. The molecular formula is C12H22N2O2. The van der Waals surface area contributed by atoms with Gasteiger partial charge in [0.05, 0.1) is 5.92 Å². The molecule has 92 valence electrons. The van der Waals surface area contributed by atoms with Gasteiger partial charge in [0.15, 0.2) is 0 Å². The van der Waals surface area contributed by atoms with Gasteiger partial charge < -0.3 is 9.80 Å². The van der Waals surface area contributed by atoms with Crippen molar-refractivity contribution in [3.05, 3.63) is 0 Å². The predicted molar refractivity (Wildman–Crippen MR) is 62.8 cm³/mol. The first-order valence-electron chi connectivity index (χ1n) is 5.90. The molecule has 4 nitrogen and oxygen atoms in total. The smallest absolute Gasteiger partial charge is 0.229 e. The van der Waals surface area contributed by atoms with Crippen LogP contribution >= 0.6 is 0 Å². The summed E-state index contributed by atoms with van der Waals surface area (Å²) in [7, 11) is 1.82. The number of carbonyl (C=O) groups is 2. The quantitative estimate of drug-likeness (QED) is 0.719. The van der Waals surface area contributed by atoms with Gasteiger partial charge in [-0.3, -0.25) is 9.59 Å². The summed E-state index contributed by atoms with van der Waals surface area (Å²) in [5.41, 5.74) is 0.